The molecule has 0 unspecified atom stereocenters. The number of H-pyrrole nitrogens is 1. The SMILES string of the molecule is Cc1[nH]ncc1CCCNC(=O)c1cccc(Cl)c1Cl. The molecular formula is C14H15Cl2N3O. The molecule has 0 fully saturated rings. The Morgan fingerprint density at radius 2 is 2.20 bits per heavy atom. The Morgan fingerprint density at radius 3 is 2.90 bits per heavy atom. The first-order chi connectivity index (χ1) is 9.59. The normalized spacial score (nSPS) is 10.6. The summed E-state index contributed by atoms with van der Waals surface area (Å²) in [4.78, 5) is 12.0. The van der Waals surface area contributed by atoms with Crippen LogP contribution in [0.15, 0.2) is 24.4 Å². The number of benzene rings is 1. The molecule has 1 aromatic carbocycles. The van der Waals surface area contributed by atoms with E-state index in [1.54, 1.807) is 18.2 Å². The van der Waals surface area contributed by atoms with Gasteiger partial charge in [0.25, 0.3) is 5.91 Å². The van der Waals surface area contributed by atoms with Crippen molar-refractivity contribution < 1.29 is 4.79 Å². The van der Waals surface area contributed by atoms with Crippen LogP contribution in [0.2, 0.25) is 10.0 Å². The molecular weight excluding hydrogens is 297 g/mol. The van der Waals surface area contributed by atoms with Crippen molar-refractivity contribution in [3.8, 4) is 0 Å². The van der Waals surface area contributed by atoms with Crippen LogP contribution in [0.4, 0.5) is 0 Å². The predicted octanol–water partition coefficient (Wildman–Crippen LogP) is 3.39. The van der Waals surface area contributed by atoms with E-state index >= 15 is 0 Å². The third kappa shape index (κ3) is 3.52. The number of aryl methyl sites for hydroxylation is 2. The summed E-state index contributed by atoms with van der Waals surface area (Å²) in [6, 6.07) is 5.02. The molecule has 4 nitrogen and oxygen atoms in total. The van der Waals surface area contributed by atoms with Crippen molar-refractivity contribution in [1.29, 1.82) is 0 Å². The minimum atomic E-state index is -0.207. The zero-order valence-corrected chi connectivity index (χ0v) is 12.6. The molecule has 0 spiro atoms. The van der Waals surface area contributed by atoms with Gasteiger partial charge in [0, 0.05) is 12.2 Å². The van der Waals surface area contributed by atoms with Crippen molar-refractivity contribution in [2.45, 2.75) is 19.8 Å². The minimum Gasteiger partial charge on any atom is -0.352 e. The number of aromatic amines is 1. The highest BCUT2D eigenvalue weighted by Crippen LogP contribution is 2.25. The molecule has 6 heteroatoms. The molecule has 0 aliphatic heterocycles. The Labute approximate surface area is 127 Å². The summed E-state index contributed by atoms with van der Waals surface area (Å²) in [6.45, 7) is 2.55. The van der Waals surface area contributed by atoms with Crippen molar-refractivity contribution in [3.05, 3.63) is 51.3 Å². The Morgan fingerprint density at radius 1 is 1.40 bits per heavy atom. The van der Waals surface area contributed by atoms with Crippen LogP contribution in [0, 0.1) is 6.92 Å². The zero-order chi connectivity index (χ0) is 14.5. The van der Waals surface area contributed by atoms with Crippen molar-refractivity contribution >= 4 is 29.1 Å². The van der Waals surface area contributed by atoms with Gasteiger partial charge in [0.15, 0.2) is 0 Å². The molecule has 0 radical (unpaired) electrons. The highest BCUT2D eigenvalue weighted by molar-refractivity contribution is 6.43. The van der Waals surface area contributed by atoms with Gasteiger partial charge in [0.05, 0.1) is 21.8 Å². The number of nitrogens with zero attached hydrogens (tertiary/aromatic N) is 1. The van der Waals surface area contributed by atoms with E-state index in [9.17, 15) is 4.79 Å². The van der Waals surface area contributed by atoms with Gasteiger partial charge in [-0.05, 0) is 37.5 Å². The first-order valence-corrected chi connectivity index (χ1v) is 7.06. The quantitative estimate of drug-likeness (QED) is 0.832. The fourth-order valence-electron chi connectivity index (χ4n) is 1.88. The molecule has 2 aromatic rings. The molecule has 0 atom stereocenters. The molecule has 0 saturated carbocycles. The van der Waals surface area contributed by atoms with Crippen molar-refractivity contribution in [1.82, 2.24) is 15.5 Å². The fraction of sp³-hybridized carbons (Fsp3) is 0.286. The number of carbonyl (C=O) groups excluding carboxylic acids is 1. The van der Waals surface area contributed by atoms with Gasteiger partial charge in [-0.25, -0.2) is 0 Å². The van der Waals surface area contributed by atoms with Crippen LogP contribution in [0.25, 0.3) is 0 Å². The molecule has 20 heavy (non-hydrogen) atoms. The van der Waals surface area contributed by atoms with Crippen LogP contribution < -0.4 is 5.32 Å². The Balaban J connectivity index is 1.84. The zero-order valence-electron chi connectivity index (χ0n) is 11.0. The lowest BCUT2D eigenvalue weighted by Crippen LogP contribution is -2.25. The van der Waals surface area contributed by atoms with Crippen LogP contribution >= 0.6 is 23.2 Å². The number of carbonyl (C=O) groups is 1. The summed E-state index contributed by atoms with van der Waals surface area (Å²) in [7, 11) is 0. The Hall–Kier alpha value is -1.52. The first kappa shape index (κ1) is 14.9. The van der Waals surface area contributed by atoms with E-state index in [1.807, 2.05) is 13.1 Å². The summed E-state index contributed by atoms with van der Waals surface area (Å²) >= 11 is 11.9. The van der Waals surface area contributed by atoms with E-state index in [0.717, 1.165) is 18.5 Å². The van der Waals surface area contributed by atoms with Crippen molar-refractivity contribution in [2.24, 2.45) is 0 Å². The molecule has 1 amide bonds. The van der Waals surface area contributed by atoms with Gasteiger partial charge in [0.1, 0.15) is 0 Å². The van der Waals surface area contributed by atoms with Crippen LogP contribution in [-0.4, -0.2) is 22.6 Å². The van der Waals surface area contributed by atoms with E-state index in [4.69, 9.17) is 23.2 Å². The van der Waals surface area contributed by atoms with Crippen LogP contribution in [0.5, 0.6) is 0 Å². The number of amides is 1. The van der Waals surface area contributed by atoms with Gasteiger partial charge in [0.2, 0.25) is 0 Å². The first-order valence-electron chi connectivity index (χ1n) is 6.30. The maximum atomic E-state index is 12.0. The maximum absolute atomic E-state index is 12.0. The fourth-order valence-corrected chi connectivity index (χ4v) is 2.27. The van der Waals surface area contributed by atoms with E-state index < -0.39 is 0 Å². The average molecular weight is 312 g/mol. The highest BCUT2D eigenvalue weighted by Gasteiger charge is 2.11. The topological polar surface area (TPSA) is 57.8 Å². The van der Waals surface area contributed by atoms with Gasteiger partial charge < -0.3 is 5.32 Å². The van der Waals surface area contributed by atoms with Gasteiger partial charge in [-0.2, -0.15) is 5.10 Å². The highest BCUT2D eigenvalue weighted by atomic mass is 35.5. The summed E-state index contributed by atoms with van der Waals surface area (Å²) < 4.78 is 0. The number of nitrogens with one attached hydrogen (secondary N) is 2. The number of rotatable bonds is 5. The maximum Gasteiger partial charge on any atom is 0.252 e. The lowest BCUT2D eigenvalue weighted by Gasteiger charge is -2.07. The predicted molar refractivity (Wildman–Crippen MR) is 80.4 cm³/mol. The molecule has 1 aromatic heterocycles. The van der Waals surface area contributed by atoms with Gasteiger partial charge in [-0.3, -0.25) is 9.89 Å². The molecule has 1 heterocycles. The molecule has 0 aliphatic rings. The van der Waals surface area contributed by atoms with Crippen molar-refractivity contribution in [2.75, 3.05) is 6.54 Å². The minimum absolute atomic E-state index is 0.207. The standard InChI is InChI=1S/C14H15Cl2N3O/c1-9-10(8-18-19-9)4-3-7-17-14(20)11-5-2-6-12(15)13(11)16/h2,5-6,8H,3-4,7H2,1H3,(H,17,20)(H,18,19). The number of hydrogen-bond acceptors (Lipinski definition) is 2. The smallest absolute Gasteiger partial charge is 0.252 e. The van der Waals surface area contributed by atoms with E-state index in [-0.39, 0.29) is 10.9 Å². The third-order valence-corrected chi connectivity index (χ3v) is 3.86. The Kier molecular flexibility index (Phi) is 5.04. The summed E-state index contributed by atoms with van der Waals surface area (Å²) in [5.74, 6) is -0.207. The number of halogens is 2. The summed E-state index contributed by atoms with van der Waals surface area (Å²) in [5.41, 5.74) is 2.63. The molecule has 2 N–H and O–H groups in total. The molecule has 0 aliphatic carbocycles. The summed E-state index contributed by atoms with van der Waals surface area (Å²) in [5, 5.41) is 10.4. The van der Waals surface area contributed by atoms with E-state index in [2.05, 4.69) is 15.5 Å². The number of hydrogen-bond donors (Lipinski definition) is 2. The largest absolute Gasteiger partial charge is 0.352 e. The second-order valence-electron chi connectivity index (χ2n) is 4.48. The lowest BCUT2D eigenvalue weighted by atomic mass is 10.1. The van der Waals surface area contributed by atoms with Gasteiger partial charge in [-0.15, -0.1) is 0 Å². The van der Waals surface area contributed by atoms with Crippen molar-refractivity contribution in [3.63, 3.8) is 0 Å². The van der Waals surface area contributed by atoms with Gasteiger partial charge >= 0.3 is 0 Å². The van der Waals surface area contributed by atoms with Crippen LogP contribution in [0.1, 0.15) is 28.0 Å². The second-order valence-corrected chi connectivity index (χ2v) is 5.27. The summed E-state index contributed by atoms with van der Waals surface area (Å²) in [6.07, 6.45) is 3.52. The second kappa shape index (κ2) is 6.77. The third-order valence-electron chi connectivity index (χ3n) is 3.04. The lowest BCUT2D eigenvalue weighted by molar-refractivity contribution is 0.0953. The molecule has 0 saturated heterocycles. The molecule has 106 valence electrons. The average Bonchev–Trinajstić information content (AvgIpc) is 2.83. The molecule has 2 rings (SSSR count). The monoisotopic (exact) mass is 311 g/mol. The van der Waals surface area contributed by atoms with Crippen LogP contribution in [0.3, 0.4) is 0 Å². The molecule has 0 bridgehead atoms. The Bertz CT molecular complexity index is 610. The van der Waals surface area contributed by atoms with Gasteiger partial charge in [-0.1, -0.05) is 29.3 Å². The number of aromatic nitrogens is 2. The van der Waals surface area contributed by atoms with E-state index in [0.29, 0.717) is 17.1 Å². The van der Waals surface area contributed by atoms with E-state index in [1.165, 1.54) is 5.56 Å². The van der Waals surface area contributed by atoms with Crippen LogP contribution in [-0.2, 0) is 6.42 Å².